The molecule has 0 bridgehead atoms. The number of benzene rings is 2. The fourth-order valence-corrected chi connectivity index (χ4v) is 3.74. The summed E-state index contributed by atoms with van der Waals surface area (Å²) in [7, 11) is -0.698. The van der Waals surface area contributed by atoms with Gasteiger partial charge in [0, 0.05) is 20.6 Å². The van der Waals surface area contributed by atoms with Crippen molar-refractivity contribution in [3.63, 3.8) is 0 Å². The molecule has 0 aliphatic rings. The van der Waals surface area contributed by atoms with Crippen molar-refractivity contribution >= 4 is 21.6 Å². The molecule has 0 saturated heterocycles. The maximum Gasteiger partial charge on any atom is 0.242 e. The van der Waals surface area contributed by atoms with Crippen LogP contribution in [0.25, 0.3) is 0 Å². The van der Waals surface area contributed by atoms with Crippen LogP contribution in [-0.4, -0.2) is 45.4 Å². The number of hydrogen-bond donors (Lipinski definition) is 2. The van der Waals surface area contributed by atoms with Gasteiger partial charge in [-0.05, 0) is 43.7 Å². The lowest BCUT2D eigenvalue weighted by Crippen LogP contribution is -2.31. The van der Waals surface area contributed by atoms with E-state index in [9.17, 15) is 13.2 Å². The van der Waals surface area contributed by atoms with Crippen molar-refractivity contribution in [1.29, 1.82) is 5.26 Å². The molecule has 160 valence electrons. The molecule has 0 spiro atoms. The summed E-state index contributed by atoms with van der Waals surface area (Å²) >= 11 is 0. The molecule has 0 radical (unpaired) electrons. The largest absolute Gasteiger partial charge is 0.489 e. The highest BCUT2D eigenvalue weighted by molar-refractivity contribution is 7.89. The molecular weight excluding hydrogens is 404 g/mol. The lowest BCUT2D eigenvalue weighted by molar-refractivity contribution is -0.119. The molecule has 2 aromatic carbocycles. The number of nitriles is 1. The minimum absolute atomic E-state index is 0.0636. The highest BCUT2D eigenvalue weighted by atomic mass is 32.2. The SMILES string of the molecule is CC(C)Oc1ccc(C#N)cc1NCC(=O)NCc1ccccc1S(=O)(=O)N(C)C. The van der Waals surface area contributed by atoms with Crippen molar-refractivity contribution in [2.75, 3.05) is 26.0 Å². The van der Waals surface area contributed by atoms with Crippen LogP contribution >= 0.6 is 0 Å². The van der Waals surface area contributed by atoms with Crippen molar-refractivity contribution in [2.45, 2.75) is 31.4 Å². The van der Waals surface area contributed by atoms with Gasteiger partial charge in [0.1, 0.15) is 5.75 Å². The maximum absolute atomic E-state index is 12.5. The van der Waals surface area contributed by atoms with Crippen LogP contribution in [-0.2, 0) is 21.4 Å². The Morgan fingerprint density at radius 3 is 2.53 bits per heavy atom. The molecule has 30 heavy (non-hydrogen) atoms. The van der Waals surface area contributed by atoms with E-state index in [4.69, 9.17) is 10.00 Å². The van der Waals surface area contributed by atoms with E-state index in [1.807, 2.05) is 13.8 Å². The number of anilines is 1. The van der Waals surface area contributed by atoms with Gasteiger partial charge >= 0.3 is 0 Å². The molecule has 0 aliphatic carbocycles. The van der Waals surface area contributed by atoms with E-state index in [2.05, 4.69) is 16.7 Å². The first kappa shape index (κ1) is 23.2. The first-order chi connectivity index (χ1) is 14.1. The lowest BCUT2D eigenvalue weighted by atomic mass is 10.2. The molecular formula is C21H26N4O4S. The Morgan fingerprint density at radius 1 is 1.20 bits per heavy atom. The smallest absolute Gasteiger partial charge is 0.242 e. The fourth-order valence-electron chi connectivity index (χ4n) is 2.62. The van der Waals surface area contributed by atoms with E-state index in [1.54, 1.807) is 36.4 Å². The number of hydrogen-bond acceptors (Lipinski definition) is 6. The van der Waals surface area contributed by atoms with Gasteiger partial charge < -0.3 is 15.4 Å². The van der Waals surface area contributed by atoms with Crippen molar-refractivity contribution in [3.8, 4) is 11.8 Å². The third kappa shape index (κ3) is 5.95. The second kappa shape index (κ2) is 10.1. The van der Waals surface area contributed by atoms with E-state index in [-0.39, 0.29) is 30.0 Å². The van der Waals surface area contributed by atoms with Gasteiger partial charge in [-0.25, -0.2) is 12.7 Å². The van der Waals surface area contributed by atoms with Gasteiger partial charge in [-0.3, -0.25) is 4.79 Å². The van der Waals surface area contributed by atoms with Crippen LogP contribution in [0.4, 0.5) is 5.69 Å². The molecule has 1 amide bonds. The molecule has 2 aromatic rings. The van der Waals surface area contributed by atoms with Gasteiger partial charge in [-0.15, -0.1) is 0 Å². The van der Waals surface area contributed by atoms with Crippen molar-refractivity contribution < 1.29 is 17.9 Å². The van der Waals surface area contributed by atoms with Crippen LogP contribution in [0.3, 0.4) is 0 Å². The zero-order chi connectivity index (χ0) is 22.3. The van der Waals surface area contributed by atoms with Crippen molar-refractivity contribution in [3.05, 3.63) is 53.6 Å². The molecule has 0 aromatic heterocycles. The van der Waals surface area contributed by atoms with Crippen LogP contribution in [0.1, 0.15) is 25.0 Å². The number of rotatable bonds is 9. The van der Waals surface area contributed by atoms with Crippen LogP contribution in [0.5, 0.6) is 5.75 Å². The molecule has 9 heteroatoms. The molecule has 2 rings (SSSR count). The normalized spacial score (nSPS) is 11.2. The summed E-state index contributed by atoms with van der Waals surface area (Å²) in [4.78, 5) is 12.5. The van der Waals surface area contributed by atoms with Crippen LogP contribution in [0.2, 0.25) is 0 Å². The average molecular weight is 431 g/mol. The summed E-state index contributed by atoms with van der Waals surface area (Å²) in [6.07, 6.45) is -0.0672. The Balaban J connectivity index is 2.06. The summed E-state index contributed by atoms with van der Waals surface area (Å²) in [6.45, 7) is 3.77. The summed E-state index contributed by atoms with van der Waals surface area (Å²) in [5, 5.41) is 14.8. The van der Waals surface area contributed by atoms with Gasteiger partial charge in [0.05, 0.1) is 34.9 Å². The van der Waals surface area contributed by atoms with Gasteiger partial charge in [-0.1, -0.05) is 18.2 Å². The van der Waals surface area contributed by atoms with Gasteiger partial charge in [0.25, 0.3) is 0 Å². The monoisotopic (exact) mass is 430 g/mol. The van der Waals surface area contributed by atoms with E-state index in [0.29, 0.717) is 22.6 Å². The fraction of sp³-hybridized carbons (Fsp3) is 0.333. The zero-order valence-corrected chi connectivity index (χ0v) is 18.3. The highest BCUT2D eigenvalue weighted by Gasteiger charge is 2.20. The Morgan fingerprint density at radius 2 is 1.90 bits per heavy atom. The third-order valence-corrected chi connectivity index (χ3v) is 6.03. The summed E-state index contributed by atoms with van der Waals surface area (Å²) in [5.41, 5.74) is 1.47. The predicted octanol–water partition coefficient (Wildman–Crippen LogP) is 2.32. The van der Waals surface area contributed by atoms with Gasteiger partial charge in [0.2, 0.25) is 15.9 Å². The minimum Gasteiger partial charge on any atom is -0.489 e. The number of ether oxygens (including phenoxy) is 1. The van der Waals surface area contributed by atoms with Crippen molar-refractivity contribution in [1.82, 2.24) is 9.62 Å². The summed E-state index contributed by atoms with van der Waals surface area (Å²) < 4.78 is 31.7. The molecule has 2 N–H and O–H groups in total. The Bertz CT molecular complexity index is 1040. The molecule has 0 heterocycles. The Labute approximate surface area is 177 Å². The lowest BCUT2D eigenvalue weighted by Gasteiger charge is -2.17. The van der Waals surface area contributed by atoms with Gasteiger partial charge in [-0.2, -0.15) is 5.26 Å². The number of sulfonamides is 1. The second-order valence-corrected chi connectivity index (χ2v) is 9.14. The predicted molar refractivity (Wildman–Crippen MR) is 115 cm³/mol. The quantitative estimate of drug-likeness (QED) is 0.632. The number of nitrogens with one attached hydrogen (secondary N) is 2. The standard InChI is InChI=1S/C21H26N4O4S/c1-15(2)29-19-10-9-16(12-22)11-18(19)23-14-21(26)24-13-17-7-5-6-8-20(17)30(27,28)25(3)4/h5-11,15,23H,13-14H2,1-4H3,(H,24,26). The zero-order valence-electron chi connectivity index (χ0n) is 17.5. The third-order valence-electron chi connectivity index (χ3n) is 4.12. The number of amides is 1. The Hall–Kier alpha value is -3.09. The number of carbonyl (C=O) groups is 1. The molecule has 0 aliphatic heterocycles. The van der Waals surface area contributed by atoms with E-state index < -0.39 is 10.0 Å². The van der Waals surface area contributed by atoms with Crippen LogP contribution < -0.4 is 15.4 Å². The summed E-state index contributed by atoms with van der Waals surface area (Å²) in [5.74, 6) is 0.212. The Kier molecular flexibility index (Phi) is 7.80. The number of nitrogens with zero attached hydrogens (tertiary/aromatic N) is 2. The summed E-state index contributed by atoms with van der Waals surface area (Å²) in [6, 6.07) is 13.5. The maximum atomic E-state index is 12.5. The molecule has 0 fully saturated rings. The first-order valence-corrected chi connectivity index (χ1v) is 10.8. The average Bonchev–Trinajstić information content (AvgIpc) is 2.71. The second-order valence-electron chi connectivity index (χ2n) is 7.01. The molecule has 0 saturated carbocycles. The van der Waals surface area contributed by atoms with E-state index in [0.717, 1.165) is 4.31 Å². The van der Waals surface area contributed by atoms with Gasteiger partial charge in [0.15, 0.2) is 0 Å². The van der Waals surface area contributed by atoms with Crippen molar-refractivity contribution in [2.24, 2.45) is 0 Å². The minimum atomic E-state index is -3.62. The van der Waals surface area contributed by atoms with Crippen LogP contribution in [0.15, 0.2) is 47.4 Å². The van der Waals surface area contributed by atoms with E-state index >= 15 is 0 Å². The highest BCUT2D eigenvalue weighted by Crippen LogP contribution is 2.26. The van der Waals surface area contributed by atoms with Crippen LogP contribution in [0, 0.1) is 11.3 Å². The van der Waals surface area contributed by atoms with E-state index in [1.165, 1.54) is 20.2 Å². The first-order valence-electron chi connectivity index (χ1n) is 9.37. The number of carbonyl (C=O) groups excluding carboxylic acids is 1. The molecule has 0 unspecified atom stereocenters. The molecule has 8 nitrogen and oxygen atoms in total. The topological polar surface area (TPSA) is 112 Å². The molecule has 0 atom stereocenters.